The van der Waals surface area contributed by atoms with E-state index in [1.165, 1.54) is 0 Å². The number of nitrogens with one attached hydrogen (secondary N) is 1. The van der Waals surface area contributed by atoms with Gasteiger partial charge in [0.05, 0.1) is 0 Å². The predicted octanol–water partition coefficient (Wildman–Crippen LogP) is 4.33. The number of benzene rings is 2. The van der Waals surface area contributed by atoms with Crippen LogP contribution in [0.5, 0.6) is 5.75 Å². The van der Waals surface area contributed by atoms with Gasteiger partial charge in [-0.3, -0.25) is 9.59 Å². The molecule has 0 spiro atoms. The molecule has 1 N–H and O–H groups in total. The van der Waals surface area contributed by atoms with Crippen LogP contribution in [-0.4, -0.2) is 11.9 Å². The molecule has 0 aromatic heterocycles. The summed E-state index contributed by atoms with van der Waals surface area (Å²) in [6.45, 7) is 3.63. The number of hydrogen-bond donors (Lipinski definition) is 1. The highest BCUT2D eigenvalue weighted by atomic mass is 79.9. The van der Waals surface area contributed by atoms with Crippen molar-refractivity contribution in [3.05, 3.63) is 58.1 Å². The van der Waals surface area contributed by atoms with E-state index in [2.05, 4.69) is 21.2 Å². The summed E-state index contributed by atoms with van der Waals surface area (Å²) in [6, 6.07) is 12.2. The standard InChI is InChI=1S/C17H16BrNO3/c1-3-16(20)22-14-6-4-5-12(10-14)17(21)19-15-8-7-13(18)9-11(15)2/h4-10H,3H2,1-2H3,(H,19,21). The number of esters is 1. The van der Waals surface area contributed by atoms with Gasteiger partial charge in [-0.25, -0.2) is 0 Å². The van der Waals surface area contributed by atoms with E-state index < -0.39 is 0 Å². The molecule has 2 rings (SSSR count). The van der Waals surface area contributed by atoms with Crippen molar-refractivity contribution in [1.29, 1.82) is 0 Å². The molecule has 5 heteroatoms. The fourth-order valence-electron chi connectivity index (χ4n) is 1.87. The van der Waals surface area contributed by atoms with Gasteiger partial charge in [0.1, 0.15) is 5.75 Å². The molecule has 0 aliphatic heterocycles. The zero-order valence-electron chi connectivity index (χ0n) is 12.4. The highest BCUT2D eigenvalue weighted by Crippen LogP contribution is 2.21. The van der Waals surface area contributed by atoms with Crippen LogP contribution in [0.1, 0.15) is 29.3 Å². The summed E-state index contributed by atoms with van der Waals surface area (Å²) in [7, 11) is 0. The third-order valence-electron chi connectivity index (χ3n) is 3.05. The largest absolute Gasteiger partial charge is 0.427 e. The molecular formula is C17H16BrNO3. The average Bonchev–Trinajstić information content (AvgIpc) is 2.50. The molecule has 2 aromatic rings. The van der Waals surface area contributed by atoms with Crippen molar-refractivity contribution in [2.45, 2.75) is 20.3 Å². The molecule has 0 saturated heterocycles. The monoisotopic (exact) mass is 361 g/mol. The van der Waals surface area contributed by atoms with Gasteiger partial charge in [0.15, 0.2) is 0 Å². The molecule has 0 aliphatic carbocycles. The Morgan fingerprint density at radius 1 is 1.18 bits per heavy atom. The van der Waals surface area contributed by atoms with Gasteiger partial charge in [-0.1, -0.05) is 28.9 Å². The second-order valence-electron chi connectivity index (χ2n) is 4.77. The molecular weight excluding hydrogens is 346 g/mol. The first-order valence-electron chi connectivity index (χ1n) is 6.88. The SMILES string of the molecule is CCC(=O)Oc1cccc(C(=O)Nc2ccc(Br)cc2C)c1. The molecule has 0 atom stereocenters. The minimum atomic E-state index is -0.332. The highest BCUT2D eigenvalue weighted by Gasteiger charge is 2.10. The van der Waals surface area contributed by atoms with Crippen molar-refractivity contribution in [3.63, 3.8) is 0 Å². The summed E-state index contributed by atoms with van der Waals surface area (Å²) >= 11 is 3.39. The summed E-state index contributed by atoms with van der Waals surface area (Å²) in [5, 5.41) is 2.85. The second-order valence-corrected chi connectivity index (χ2v) is 5.68. The Morgan fingerprint density at radius 3 is 2.64 bits per heavy atom. The predicted molar refractivity (Wildman–Crippen MR) is 89.2 cm³/mol. The van der Waals surface area contributed by atoms with Crippen LogP contribution in [0.2, 0.25) is 0 Å². The number of carbonyl (C=O) groups is 2. The molecule has 0 heterocycles. The summed E-state index contributed by atoms with van der Waals surface area (Å²) in [5.74, 6) is -0.215. The van der Waals surface area contributed by atoms with E-state index in [1.54, 1.807) is 31.2 Å². The molecule has 114 valence electrons. The molecule has 0 bridgehead atoms. The van der Waals surface area contributed by atoms with Crippen molar-refractivity contribution >= 4 is 33.5 Å². The normalized spacial score (nSPS) is 10.1. The number of aryl methyl sites for hydroxylation is 1. The van der Waals surface area contributed by atoms with Crippen molar-refractivity contribution in [2.75, 3.05) is 5.32 Å². The Kier molecular flexibility index (Phi) is 5.33. The maximum Gasteiger partial charge on any atom is 0.310 e. The van der Waals surface area contributed by atoms with Crippen molar-refractivity contribution in [3.8, 4) is 5.75 Å². The van der Waals surface area contributed by atoms with Crippen molar-refractivity contribution in [2.24, 2.45) is 0 Å². The third-order valence-corrected chi connectivity index (χ3v) is 3.55. The molecule has 0 fully saturated rings. The lowest BCUT2D eigenvalue weighted by Crippen LogP contribution is -2.13. The lowest BCUT2D eigenvalue weighted by Gasteiger charge is -2.10. The fourth-order valence-corrected chi connectivity index (χ4v) is 2.34. The molecule has 22 heavy (non-hydrogen) atoms. The third kappa shape index (κ3) is 4.18. The van der Waals surface area contributed by atoms with E-state index in [9.17, 15) is 9.59 Å². The minimum absolute atomic E-state index is 0.250. The van der Waals surface area contributed by atoms with Crippen molar-refractivity contribution < 1.29 is 14.3 Å². The van der Waals surface area contributed by atoms with E-state index in [0.29, 0.717) is 11.3 Å². The maximum atomic E-state index is 12.3. The zero-order chi connectivity index (χ0) is 16.1. The second kappa shape index (κ2) is 7.22. The molecule has 4 nitrogen and oxygen atoms in total. The van der Waals surface area contributed by atoms with Gasteiger partial charge < -0.3 is 10.1 Å². The molecule has 1 amide bonds. The number of halogens is 1. The van der Waals surface area contributed by atoms with E-state index >= 15 is 0 Å². The molecule has 0 radical (unpaired) electrons. The smallest absolute Gasteiger partial charge is 0.310 e. The molecule has 0 saturated carbocycles. The topological polar surface area (TPSA) is 55.4 Å². The first-order chi connectivity index (χ1) is 10.5. The molecule has 0 unspecified atom stereocenters. The van der Waals surface area contributed by atoms with Gasteiger partial charge >= 0.3 is 5.97 Å². The van der Waals surface area contributed by atoms with E-state index in [1.807, 2.05) is 25.1 Å². The number of amides is 1. The lowest BCUT2D eigenvalue weighted by molar-refractivity contribution is -0.134. The summed E-state index contributed by atoms with van der Waals surface area (Å²) in [6.07, 6.45) is 0.286. The summed E-state index contributed by atoms with van der Waals surface area (Å²) in [5.41, 5.74) is 2.13. The number of rotatable bonds is 4. The minimum Gasteiger partial charge on any atom is -0.427 e. The van der Waals surface area contributed by atoms with Crippen LogP contribution in [0.4, 0.5) is 5.69 Å². The van der Waals surface area contributed by atoms with Crippen molar-refractivity contribution in [1.82, 2.24) is 0 Å². The Bertz CT molecular complexity index is 713. The van der Waals surface area contributed by atoms with Crippen LogP contribution < -0.4 is 10.1 Å². The van der Waals surface area contributed by atoms with Crippen LogP contribution in [0.15, 0.2) is 46.9 Å². The number of hydrogen-bond acceptors (Lipinski definition) is 3. The fraction of sp³-hybridized carbons (Fsp3) is 0.176. The summed E-state index contributed by atoms with van der Waals surface area (Å²) < 4.78 is 6.07. The Labute approximate surface area is 137 Å². The summed E-state index contributed by atoms with van der Waals surface area (Å²) in [4.78, 5) is 23.6. The van der Waals surface area contributed by atoms with Gasteiger partial charge in [-0.15, -0.1) is 0 Å². The first-order valence-corrected chi connectivity index (χ1v) is 7.67. The first kappa shape index (κ1) is 16.2. The number of ether oxygens (including phenoxy) is 1. The number of anilines is 1. The Balaban J connectivity index is 2.15. The lowest BCUT2D eigenvalue weighted by atomic mass is 10.1. The van der Waals surface area contributed by atoms with Crippen LogP contribution >= 0.6 is 15.9 Å². The Hall–Kier alpha value is -2.14. The highest BCUT2D eigenvalue weighted by molar-refractivity contribution is 9.10. The zero-order valence-corrected chi connectivity index (χ0v) is 13.9. The number of carbonyl (C=O) groups excluding carboxylic acids is 2. The van der Waals surface area contributed by atoms with E-state index in [4.69, 9.17) is 4.74 Å². The molecule has 2 aromatic carbocycles. The average molecular weight is 362 g/mol. The van der Waals surface area contributed by atoms with E-state index in [-0.39, 0.29) is 18.3 Å². The quantitative estimate of drug-likeness (QED) is 0.651. The van der Waals surface area contributed by atoms with Gasteiger partial charge in [-0.05, 0) is 48.9 Å². The van der Waals surface area contributed by atoms with Gasteiger partial charge in [-0.2, -0.15) is 0 Å². The maximum absolute atomic E-state index is 12.3. The van der Waals surface area contributed by atoms with Gasteiger partial charge in [0, 0.05) is 22.1 Å². The van der Waals surface area contributed by atoms with Gasteiger partial charge in [0.25, 0.3) is 5.91 Å². The van der Waals surface area contributed by atoms with Crippen LogP contribution in [0.3, 0.4) is 0 Å². The van der Waals surface area contributed by atoms with E-state index in [0.717, 1.165) is 15.7 Å². The van der Waals surface area contributed by atoms with Crippen LogP contribution in [0.25, 0.3) is 0 Å². The van der Waals surface area contributed by atoms with Gasteiger partial charge in [0.2, 0.25) is 0 Å². The molecule has 0 aliphatic rings. The van der Waals surface area contributed by atoms with Crippen LogP contribution in [-0.2, 0) is 4.79 Å². The van der Waals surface area contributed by atoms with Crippen LogP contribution in [0, 0.1) is 6.92 Å². The Morgan fingerprint density at radius 2 is 1.95 bits per heavy atom.